The van der Waals surface area contributed by atoms with E-state index in [9.17, 15) is 57.9 Å². The Morgan fingerprint density at radius 3 is 2.38 bits per heavy atom. The fourth-order valence-electron chi connectivity index (χ4n) is 5.26. The van der Waals surface area contributed by atoms with Gasteiger partial charge < -0.3 is 50.9 Å². The van der Waals surface area contributed by atoms with Gasteiger partial charge in [0.1, 0.15) is 36.3 Å². The topological polar surface area (TPSA) is 364 Å². The number of aromatic nitrogens is 4. The number of phosphoric acid groups is 3. The van der Waals surface area contributed by atoms with Gasteiger partial charge in [-0.15, -0.1) is 0 Å². The highest BCUT2D eigenvalue weighted by atomic mass is 32.2. The molecule has 0 saturated carbocycles. The summed E-state index contributed by atoms with van der Waals surface area (Å²) >= 11 is 1.09. The number of nitrogens with two attached hydrogens (primary N) is 1. The molecule has 0 aliphatic carbocycles. The van der Waals surface area contributed by atoms with Crippen LogP contribution >= 0.6 is 35.2 Å². The van der Waals surface area contributed by atoms with Gasteiger partial charge in [0.15, 0.2) is 22.8 Å². The number of ether oxygens (including phenoxy) is 1. The number of carbonyl (C=O) groups excluding carboxylic acids is 3. The highest BCUT2D eigenvalue weighted by molar-refractivity contribution is 8.13. The van der Waals surface area contributed by atoms with Crippen LogP contribution in [0.1, 0.15) is 38.5 Å². The molecule has 7 atom stereocenters. The number of aliphatic hydroxyl groups is 2. The summed E-state index contributed by atoms with van der Waals surface area (Å²) in [5.74, 6) is -1.11. The highest BCUT2D eigenvalue weighted by Crippen LogP contribution is 2.61. The number of nitrogen functional groups attached to an aromatic ring is 1. The minimum Gasteiger partial charge on any atom is -0.386 e. The second-order valence-electron chi connectivity index (χ2n) is 13.3. The number of nitrogens with one attached hydrogen (secondary N) is 2. The summed E-state index contributed by atoms with van der Waals surface area (Å²) in [6.45, 7) is 0.494. The molecule has 58 heavy (non-hydrogen) atoms. The molecule has 7 unspecified atom stereocenters. The number of fused-ring (bicyclic) bond motifs is 1. The van der Waals surface area contributed by atoms with Gasteiger partial charge in [-0.1, -0.05) is 55.9 Å². The fourth-order valence-corrected chi connectivity index (χ4v) is 8.77. The molecule has 2 amide bonds. The lowest BCUT2D eigenvalue weighted by Crippen LogP contribution is -2.46. The molecule has 0 spiro atoms. The Bertz CT molecular complexity index is 2040. The van der Waals surface area contributed by atoms with E-state index in [0.717, 1.165) is 34.5 Å². The summed E-state index contributed by atoms with van der Waals surface area (Å²) in [7, 11) is -16.4. The van der Waals surface area contributed by atoms with Crippen molar-refractivity contribution in [2.75, 3.05) is 37.8 Å². The average Bonchev–Trinajstić information content (AvgIpc) is 3.71. The van der Waals surface area contributed by atoms with Gasteiger partial charge in [-0.3, -0.25) is 32.5 Å². The number of carbonyl (C=O) groups is 3. The van der Waals surface area contributed by atoms with Crippen molar-refractivity contribution in [3.63, 3.8) is 0 Å². The molecule has 3 heterocycles. The molecule has 1 aromatic carbocycles. The van der Waals surface area contributed by atoms with Crippen LogP contribution in [0.25, 0.3) is 11.2 Å². The molecule has 322 valence electrons. The standard InChI is InChI=1S/C30H44N7O17P3S/c1-30(2,25(41)28(42)33-11-10-20(38)32-12-13-58-21(39)9-8-18-6-4-3-5-7-18)15-51-57(48,49)54-56(46,47)50-14-19-24(53-55(43,44)45)23(40)29(52-19)37-17-36-22-26(31)34-16-35-27(22)37/h3-7,16-17,19,23-25,29,40-41H,8-15H2,1-2H3,(H,32,38)(H,33,42)(H,46,47)(H,48,49)(H2,31,34,35)(H2,43,44,45). The number of nitrogens with zero attached hydrogens (tertiary/aromatic N) is 4. The Morgan fingerprint density at radius 2 is 1.69 bits per heavy atom. The van der Waals surface area contributed by atoms with Crippen molar-refractivity contribution in [1.29, 1.82) is 0 Å². The SMILES string of the molecule is CC(C)(COP(=O)(O)OP(=O)(O)OCC1OC(n2cnc3c(N)ncnc32)C(O)C1OP(=O)(O)O)C(O)C(=O)NCCC(=O)NCCSC(=O)CCc1ccccc1. The number of hydrogen-bond donors (Lipinski definition) is 9. The van der Waals surface area contributed by atoms with Crippen molar-refractivity contribution < 1.29 is 80.5 Å². The molecule has 2 aromatic heterocycles. The smallest absolute Gasteiger partial charge is 0.386 e. The van der Waals surface area contributed by atoms with Gasteiger partial charge in [0.05, 0.1) is 19.5 Å². The van der Waals surface area contributed by atoms with Crippen LogP contribution in [0.3, 0.4) is 0 Å². The molecular formula is C30H44N7O17P3S. The van der Waals surface area contributed by atoms with Gasteiger partial charge in [0, 0.05) is 37.1 Å². The van der Waals surface area contributed by atoms with Gasteiger partial charge in [-0.2, -0.15) is 4.31 Å². The number of anilines is 1. The van der Waals surface area contributed by atoms with Crippen molar-refractivity contribution in [2.45, 2.75) is 63.8 Å². The van der Waals surface area contributed by atoms with E-state index in [1.807, 2.05) is 30.3 Å². The molecule has 3 aromatic rings. The van der Waals surface area contributed by atoms with Gasteiger partial charge >= 0.3 is 23.5 Å². The van der Waals surface area contributed by atoms with Gasteiger partial charge in [-0.05, 0) is 12.0 Å². The van der Waals surface area contributed by atoms with E-state index in [2.05, 4.69) is 34.4 Å². The van der Waals surface area contributed by atoms with Crippen LogP contribution in [0.5, 0.6) is 0 Å². The van der Waals surface area contributed by atoms with Crippen molar-refractivity contribution in [3.05, 3.63) is 48.5 Å². The van der Waals surface area contributed by atoms with Crippen LogP contribution in [0.15, 0.2) is 43.0 Å². The van der Waals surface area contributed by atoms with E-state index in [-0.39, 0.29) is 41.6 Å². The third-order valence-electron chi connectivity index (χ3n) is 8.23. The molecule has 0 bridgehead atoms. The van der Waals surface area contributed by atoms with Crippen molar-refractivity contribution >= 4 is 69.1 Å². The summed E-state index contributed by atoms with van der Waals surface area (Å²) in [5.41, 5.74) is 5.30. The lowest BCUT2D eigenvalue weighted by atomic mass is 9.87. The maximum atomic E-state index is 12.7. The Kier molecular flexibility index (Phi) is 16.7. The minimum atomic E-state index is -5.57. The number of phosphoric ester groups is 3. The molecule has 1 aliphatic heterocycles. The molecule has 28 heteroatoms. The van der Waals surface area contributed by atoms with E-state index in [1.54, 1.807) is 0 Å². The first-order valence-electron chi connectivity index (χ1n) is 17.2. The molecule has 10 N–H and O–H groups in total. The third-order valence-corrected chi connectivity index (χ3v) is 12.3. The zero-order chi connectivity index (χ0) is 42.9. The van der Waals surface area contributed by atoms with Crippen LogP contribution in [-0.2, 0) is 57.1 Å². The maximum absolute atomic E-state index is 12.7. The normalized spacial score (nSPS) is 21.2. The Hall–Kier alpha value is -3.22. The number of hydrogen-bond acceptors (Lipinski definition) is 18. The first kappa shape index (κ1) is 47.5. The summed E-state index contributed by atoms with van der Waals surface area (Å²) in [4.78, 5) is 87.8. The van der Waals surface area contributed by atoms with E-state index >= 15 is 0 Å². The van der Waals surface area contributed by atoms with Crippen molar-refractivity contribution in [1.82, 2.24) is 30.2 Å². The number of thioether (sulfide) groups is 1. The summed E-state index contributed by atoms with van der Waals surface area (Å²) in [6.07, 6.45) is -5.96. The Labute approximate surface area is 334 Å². The van der Waals surface area contributed by atoms with Crippen LogP contribution in [0, 0.1) is 5.41 Å². The fraction of sp³-hybridized carbons (Fsp3) is 0.533. The van der Waals surface area contributed by atoms with Gasteiger partial charge in [0.2, 0.25) is 11.8 Å². The molecule has 0 radical (unpaired) electrons. The average molecular weight is 900 g/mol. The number of amides is 2. The van der Waals surface area contributed by atoms with Gasteiger partial charge in [-0.25, -0.2) is 28.6 Å². The number of aryl methyl sites for hydroxylation is 1. The molecule has 4 rings (SSSR count). The summed E-state index contributed by atoms with van der Waals surface area (Å²) in [6, 6.07) is 9.52. The van der Waals surface area contributed by atoms with E-state index in [0.29, 0.717) is 18.6 Å². The number of rotatable bonds is 22. The molecular weight excluding hydrogens is 855 g/mol. The van der Waals surface area contributed by atoms with Crippen molar-refractivity contribution in [2.24, 2.45) is 5.41 Å². The molecule has 1 aliphatic rings. The first-order valence-corrected chi connectivity index (χ1v) is 22.7. The Balaban J connectivity index is 1.20. The number of imidazole rings is 1. The second-order valence-corrected chi connectivity index (χ2v) is 18.7. The van der Waals surface area contributed by atoms with E-state index < -0.39 is 84.6 Å². The maximum Gasteiger partial charge on any atom is 0.481 e. The Morgan fingerprint density at radius 1 is 1.00 bits per heavy atom. The monoisotopic (exact) mass is 899 g/mol. The van der Waals surface area contributed by atoms with Gasteiger partial charge in [0.25, 0.3) is 0 Å². The predicted octanol–water partition coefficient (Wildman–Crippen LogP) is 0.298. The molecule has 24 nitrogen and oxygen atoms in total. The minimum absolute atomic E-state index is 0.0185. The zero-order valence-electron chi connectivity index (χ0n) is 30.9. The second kappa shape index (κ2) is 20.4. The lowest BCUT2D eigenvalue weighted by molar-refractivity contribution is -0.137. The zero-order valence-corrected chi connectivity index (χ0v) is 34.4. The highest BCUT2D eigenvalue weighted by Gasteiger charge is 2.50. The summed E-state index contributed by atoms with van der Waals surface area (Å²) < 4.78 is 62.2. The summed E-state index contributed by atoms with van der Waals surface area (Å²) in [5, 5.41) is 26.4. The lowest BCUT2D eigenvalue weighted by Gasteiger charge is -2.30. The largest absolute Gasteiger partial charge is 0.481 e. The number of benzene rings is 1. The first-order chi connectivity index (χ1) is 27.1. The molecule has 1 saturated heterocycles. The van der Waals surface area contributed by atoms with Crippen molar-refractivity contribution in [3.8, 4) is 0 Å². The quantitative estimate of drug-likeness (QED) is 0.0483. The van der Waals surface area contributed by atoms with Crippen LogP contribution in [0.4, 0.5) is 5.82 Å². The van der Waals surface area contributed by atoms with E-state index in [4.69, 9.17) is 19.5 Å². The van der Waals surface area contributed by atoms with Crippen LogP contribution in [0.2, 0.25) is 0 Å². The third kappa shape index (κ3) is 14.2. The van der Waals surface area contributed by atoms with Crippen LogP contribution in [-0.4, -0.2) is 123 Å². The van der Waals surface area contributed by atoms with E-state index in [1.165, 1.54) is 13.8 Å². The molecule has 1 fully saturated rings. The number of aliphatic hydroxyl groups excluding tert-OH is 2. The van der Waals surface area contributed by atoms with Crippen LogP contribution < -0.4 is 16.4 Å². The predicted molar refractivity (Wildman–Crippen MR) is 202 cm³/mol.